The largest absolute Gasteiger partial charge is 0.493 e. The van der Waals surface area contributed by atoms with E-state index in [4.69, 9.17) is 11.6 Å². The van der Waals surface area contributed by atoms with E-state index in [1.165, 1.54) is 18.2 Å². The van der Waals surface area contributed by atoms with E-state index in [2.05, 4.69) is 20.5 Å². The lowest BCUT2D eigenvalue weighted by Gasteiger charge is -2.24. The van der Waals surface area contributed by atoms with Gasteiger partial charge in [-0.3, -0.25) is 9.59 Å². The number of pyridine rings is 1. The van der Waals surface area contributed by atoms with Gasteiger partial charge in [-0.15, -0.1) is 5.06 Å². The molecule has 2 heterocycles. The maximum atomic E-state index is 13.3. The van der Waals surface area contributed by atoms with Crippen LogP contribution in [0.5, 0.6) is 0 Å². The fraction of sp³-hybridized carbons (Fsp3) is 0.333. The molecular formula is C21H20ClF3N4O4. The monoisotopic (exact) mass is 484 g/mol. The normalized spacial score (nSPS) is 14.5. The van der Waals surface area contributed by atoms with Crippen LogP contribution >= 0.6 is 11.6 Å². The number of hydrogen-bond acceptors (Lipinski definition) is 6. The highest BCUT2D eigenvalue weighted by Gasteiger charge is 2.44. The smallest absolute Gasteiger partial charge is 0.325 e. The third kappa shape index (κ3) is 6.20. The van der Waals surface area contributed by atoms with E-state index in [0.717, 1.165) is 12.3 Å². The molecule has 1 saturated heterocycles. The summed E-state index contributed by atoms with van der Waals surface area (Å²) in [5, 5.41) is 6.09. The van der Waals surface area contributed by atoms with Crippen molar-refractivity contribution in [2.75, 3.05) is 23.5 Å². The Bertz CT molecular complexity index is 1040. The van der Waals surface area contributed by atoms with Crippen molar-refractivity contribution in [3.63, 3.8) is 0 Å². The molecule has 3 rings (SSSR count). The van der Waals surface area contributed by atoms with Crippen molar-refractivity contribution >= 4 is 40.9 Å². The van der Waals surface area contributed by atoms with E-state index in [1.54, 1.807) is 13.0 Å². The number of halogens is 4. The molecule has 0 atom stereocenters. The predicted molar refractivity (Wildman–Crippen MR) is 114 cm³/mol. The number of carbonyl (C=O) groups is 3. The molecule has 2 amide bonds. The first-order valence-corrected chi connectivity index (χ1v) is 10.3. The van der Waals surface area contributed by atoms with Gasteiger partial charge in [0.25, 0.3) is 5.91 Å². The maximum absolute atomic E-state index is 13.3. The summed E-state index contributed by atoms with van der Waals surface area (Å²) in [6, 6.07) is 6.83. The Hall–Kier alpha value is -3.18. The molecule has 0 saturated carbocycles. The van der Waals surface area contributed by atoms with E-state index in [-0.39, 0.29) is 33.2 Å². The fourth-order valence-electron chi connectivity index (χ4n) is 3.19. The molecule has 0 radical (unpaired) electrons. The maximum Gasteiger partial charge on any atom is 0.493 e. The van der Waals surface area contributed by atoms with Crippen LogP contribution in [0.25, 0.3) is 0 Å². The minimum Gasteiger partial charge on any atom is -0.325 e. The van der Waals surface area contributed by atoms with Crippen molar-refractivity contribution in [2.45, 2.75) is 25.9 Å². The number of amides is 2. The summed E-state index contributed by atoms with van der Waals surface area (Å²) in [5.41, 5.74) is 0.476. The number of piperidine rings is 1. The summed E-state index contributed by atoms with van der Waals surface area (Å²) in [4.78, 5) is 45.6. The molecule has 0 bridgehead atoms. The second-order valence-electron chi connectivity index (χ2n) is 7.37. The molecule has 0 spiro atoms. The lowest BCUT2D eigenvalue weighted by atomic mass is 9.97. The standard InChI is InChI=1S/C21H20ClF3N4O4/c1-12-2-4-16(28-18(30)13-6-8-26-9-7-13)15(10-12)19(31)29(33-20(32)21(23,24)25)17-5-3-14(22)11-27-17/h2-5,10-11,13,26H,6-9H2,1H3,(H,28,30). The van der Waals surface area contributed by atoms with Gasteiger partial charge in [0.1, 0.15) is 0 Å². The van der Waals surface area contributed by atoms with Gasteiger partial charge in [0.2, 0.25) is 5.91 Å². The van der Waals surface area contributed by atoms with Crippen LogP contribution in [-0.2, 0) is 14.4 Å². The van der Waals surface area contributed by atoms with E-state index in [1.807, 2.05) is 0 Å². The third-order valence-corrected chi connectivity index (χ3v) is 5.11. The van der Waals surface area contributed by atoms with Crippen LogP contribution < -0.4 is 15.7 Å². The molecule has 33 heavy (non-hydrogen) atoms. The number of nitrogens with zero attached hydrogens (tertiary/aromatic N) is 2. The van der Waals surface area contributed by atoms with Gasteiger partial charge in [-0.25, -0.2) is 9.78 Å². The molecule has 2 aromatic rings. The predicted octanol–water partition coefficient (Wildman–Crippen LogP) is 3.65. The van der Waals surface area contributed by atoms with Crippen LogP contribution in [0.2, 0.25) is 5.02 Å². The van der Waals surface area contributed by atoms with Crippen LogP contribution in [0.4, 0.5) is 24.7 Å². The molecule has 0 aliphatic carbocycles. The minimum atomic E-state index is -5.36. The summed E-state index contributed by atoms with van der Waals surface area (Å²) in [6.07, 6.45) is -3.08. The Labute approximate surface area is 192 Å². The van der Waals surface area contributed by atoms with Gasteiger partial charge in [-0.05, 0) is 57.1 Å². The molecular weight excluding hydrogens is 465 g/mol. The van der Waals surface area contributed by atoms with Crippen molar-refractivity contribution in [1.29, 1.82) is 0 Å². The van der Waals surface area contributed by atoms with Crippen LogP contribution in [-0.4, -0.2) is 42.0 Å². The SMILES string of the molecule is Cc1ccc(NC(=O)C2CCNCC2)c(C(=O)N(OC(=O)C(F)(F)F)c2ccc(Cl)cn2)c1. The van der Waals surface area contributed by atoms with Crippen molar-refractivity contribution in [1.82, 2.24) is 10.3 Å². The quantitative estimate of drug-likeness (QED) is 0.642. The van der Waals surface area contributed by atoms with Crippen LogP contribution in [0, 0.1) is 12.8 Å². The van der Waals surface area contributed by atoms with E-state index in [0.29, 0.717) is 31.5 Å². The zero-order valence-corrected chi connectivity index (χ0v) is 18.2. The van der Waals surface area contributed by atoms with Gasteiger partial charge in [0.05, 0.1) is 16.3 Å². The average molecular weight is 485 g/mol. The Morgan fingerprint density at radius 3 is 2.48 bits per heavy atom. The molecule has 1 aromatic heterocycles. The van der Waals surface area contributed by atoms with Crippen molar-refractivity contribution in [3.05, 3.63) is 52.7 Å². The zero-order chi connectivity index (χ0) is 24.2. The molecule has 2 N–H and O–H groups in total. The molecule has 12 heteroatoms. The molecule has 1 fully saturated rings. The lowest BCUT2D eigenvalue weighted by Crippen LogP contribution is -2.40. The minimum absolute atomic E-state index is 0.0659. The van der Waals surface area contributed by atoms with Gasteiger partial charge in [-0.1, -0.05) is 23.2 Å². The number of aromatic nitrogens is 1. The van der Waals surface area contributed by atoms with Crippen LogP contribution in [0.3, 0.4) is 0 Å². The molecule has 1 aromatic carbocycles. The summed E-state index contributed by atoms with van der Waals surface area (Å²) in [7, 11) is 0. The van der Waals surface area contributed by atoms with Gasteiger partial charge < -0.3 is 15.5 Å². The summed E-state index contributed by atoms with van der Waals surface area (Å²) < 4.78 is 38.6. The van der Waals surface area contributed by atoms with Crippen molar-refractivity contribution in [3.8, 4) is 0 Å². The number of anilines is 2. The molecule has 8 nitrogen and oxygen atoms in total. The second kappa shape index (κ2) is 10.2. The number of rotatable bonds is 4. The number of hydroxylamine groups is 1. The molecule has 176 valence electrons. The van der Waals surface area contributed by atoms with Gasteiger partial charge in [0.15, 0.2) is 5.82 Å². The molecule has 1 aliphatic rings. The van der Waals surface area contributed by atoms with Crippen molar-refractivity contribution < 1.29 is 32.4 Å². The highest BCUT2D eigenvalue weighted by atomic mass is 35.5. The number of carbonyl (C=O) groups excluding carboxylic acids is 3. The Morgan fingerprint density at radius 2 is 1.88 bits per heavy atom. The zero-order valence-electron chi connectivity index (χ0n) is 17.4. The molecule has 1 aliphatic heterocycles. The first-order valence-electron chi connectivity index (χ1n) is 9.93. The van der Waals surface area contributed by atoms with E-state index in [9.17, 15) is 27.6 Å². The molecule has 0 unspecified atom stereocenters. The second-order valence-corrected chi connectivity index (χ2v) is 7.81. The Morgan fingerprint density at radius 1 is 1.18 bits per heavy atom. The topological polar surface area (TPSA) is 101 Å². The third-order valence-electron chi connectivity index (χ3n) is 4.88. The number of benzene rings is 1. The summed E-state index contributed by atoms with van der Waals surface area (Å²) in [5.74, 6) is -4.75. The number of hydrogen-bond donors (Lipinski definition) is 2. The summed E-state index contributed by atoms with van der Waals surface area (Å²) in [6.45, 7) is 2.99. The number of aryl methyl sites for hydroxylation is 1. The fourth-order valence-corrected chi connectivity index (χ4v) is 3.30. The Balaban J connectivity index is 1.95. The summed E-state index contributed by atoms with van der Waals surface area (Å²) >= 11 is 5.76. The highest BCUT2D eigenvalue weighted by Crippen LogP contribution is 2.26. The first kappa shape index (κ1) is 24.5. The number of nitrogens with one attached hydrogen (secondary N) is 2. The first-order chi connectivity index (χ1) is 15.6. The lowest BCUT2D eigenvalue weighted by molar-refractivity contribution is -0.200. The van der Waals surface area contributed by atoms with Crippen LogP contribution in [0.15, 0.2) is 36.5 Å². The van der Waals surface area contributed by atoms with Gasteiger partial charge in [0, 0.05) is 12.1 Å². The number of alkyl halides is 3. The van der Waals surface area contributed by atoms with Gasteiger partial charge >= 0.3 is 12.1 Å². The van der Waals surface area contributed by atoms with Crippen LogP contribution in [0.1, 0.15) is 28.8 Å². The average Bonchev–Trinajstić information content (AvgIpc) is 2.78. The Kier molecular flexibility index (Phi) is 7.54. The van der Waals surface area contributed by atoms with E-state index < -0.39 is 23.9 Å². The van der Waals surface area contributed by atoms with E-state index >= 15 is 0 Å². The van der Waals surface area contributed by atoms with Gasteiger partial charge in [-0.2, -0.15) is 13.2 Å². The highest BCUT2D eigenvalue weighted by molar-refractivity contribution is 6.30. The van der Waals surface area contributed by atoms with Crippen molar-refractivity contribution in [2.24, 2.45) is 5.92 Å².